The number of carboxylic acids is 1. The zero-order chi connectivity index (χ0) is 19.6. The fraction of sp³-hybridized carbons (Fsp3) is 0.556. The molecular weight excluding hydrogens is 340 g/mol. The molecule has 2 rings (SSSR count). The molecule has 1 aromatic rings. The van der Waals surface area contributed by atoms with Crippen molar-refractivity contribution < 1.29 is 24.4 Å². The monoisotopic (exact) mass is 364 g/mol. The molecule has 2 N–H and O–H groups in total. The van der Waals surface area contributed by atoms with Crippen molar-refractivity contribution >= 4 is 17.7 Å². The van der Waals surface area contributed by atoms with Crippen LogP contribution in [0.5, 0.6) is 0 Å². The van der Waals surface area contributed by atoms with Gasteiger partial charge in [-0.2, -0.15) is 0 Å². The average molecular weight is 364 g/mol. The number of carbonyl (C=O) groups excluding carboxylic acids is 1. The lowest BCUT2D eigenvalue weighted by molar-refractivity contribution is -0.384. The summed E-state index contributed by atoms with van der Waals surface area (Å²) in [4.78, 5) is 34.2. The zero-order valence-electron chi connectivity index (χ0n) is 15.3. The number of nitrogens with zero attached hydrogens (tertiary/aromatic N) is 1. The van der Waals surface area contributed by atoms with Gasteiger partial charge in [0.25, 0.3) is 5.69 Å². The molecule has 2 atom stereocenters. The fourth-order valence-electron chi connectivity index (χ4n) is 3.10. The second-order valence-corrected chi connectivity index (χ2v) is 7.63. The van der Waals surface area contributed by atoms with Crippen molar-refractivity contribution in [3.63, 3.8) is 0 Å². The molecule has 142 valence electrons. The molecule has 8 nitrogen and oxygen atoms in total. The Hall–Kier alpha value is -2.64. The summed E-state index contributed by atoms with van der Waals surface area (Å²) < 4.78 is 5.26. The Morgan fingerprint density at radius 2 is 1.96 bits per heavy atom. The number of benzene rings is 1. The highest BCUT2D eigenvalue weighted by Gasteiger charge is 2.39. The quantitative estimate of drug-likeness (QED) is 0.587. The topological polar surface area (TPSA) is 119 Å². The largest absolute Gasteiger partial charge is 0.478 e. The van der Waals surface area contributed by atoms with E-state index < -0.39 is 28.6 Å². The molecule has 0 saturated heterocycles. The first kappa shape index (κ1) is 19.7. The average Bonchev–Trinajstić information content (AvgIpc) is 3.29. The number of ether oxygens (including phenoxy) is 1. The molecule has 1 aliphatic rings. The number of aromatic carboxylic acids is 1. The first-order valence-electron chi connectivity index (χ1n) is 8.50. The molecule has 1 unspecified atom stereocenters. The van der Waals surface area contributed by atoms with E-state index in [0.29, 0.717) is 5.56 Å². The Morgan fingerprint density at radius 3 is 2.42 bits per heavy atom. The summed E-state index contributed by atoms with van der Waals surface area (Å²) in [6, 6.07) is 3.31. The Balaban J connectivity index is 2.34. The standard InChI is InChI=1S/C18H24N2O6/c1-10(19-17(23)26-18(2,3)4)15(11-5-6-11)14-9-12(20(24)25)7-8-13(14)16(21)22/h7-11,15H,5-6H2,1-4H3,(H,19,23)(H,21,22)/t10-,15?/m0/s1. The molecule has 1 saturated carbocycles. The van der Waals surface area contributed by atoms with Gasteiger partial charge in [-0.15, -0.1) is 0 Å². The second-order valence-electron chi connectivity index (χ2n) is 7.63. The van der Waals surface area contributed by atoms with Crippen molar-refractivity contribution in [1.82, 2.24) is 5.32 Å². The van der Waals surface area contributed by atoms with E-state index in [1.54, 1.807) is 27.7 Å². The van der Waals surface area contributed by atoms with E-state index in [-0.39, 0.29) is 23.1 Å². The number of carboxylic acid groups (broad SMARTS) is 1. The molecule has 0 heterocycles. The van der Waals surface area contributed by atoms with Crippen LogP contribution >= 0.6 is 0 Å². The van der Waals surface area contributed by atoms with Gasteiger partial charge in [0.15, 0.2) is 0 Å². The smallest absolute Gasteiger partial charge is 0.407 e. The number of amides is 1. The van der Waals surface area contributed by atoms with Gasteiger partial charge in [0.2, 0.25) is 0 Å². The summed E-state index contributed by atoms with van der Waals surface area (Å²) in [5.41, 5.74) is -0.431. The second kappa shape index (κ2) is 7.31. The predicted molar refractivity (Wildman–Crippen MR) is 94.4 cm³/mol. The maximum atomic E-state index is 12.1. The first-order chi connectivity index (χ1) is 12.0. The van der Waals surface area contributed by atoms with Gasteiger partial charge in [-0.3, -0.25) is 10.1 Å². The summed E-state index contributed by atoms with van der Waals surface area (Å²) >= 11 is 0. The van der Waals surface area contributed by atoms with Crippen LogP contribution in [-0.2, 0) is 4.74 Å². The van der Waals surface area contributed by atoms with Crippen LogP contribution in [0.2, 0.25) is 0 Å². The third kappa shape index (κ3) is 4.93. The van der Waals surface area contributed by atoms with Gasteiger partial charge in [0.05, 0.1) is 10.5 Å². The van der Waals surface area contributed by atoms with Gasteiger partial charge in [-0.25, -0.2) is 9.59 Å². The van der Waals surface area contributed by atoms with Gasteiger partial charge in [-0.1, -0.05) is 0 Å². The fourth-order valence-corrected chi connectivity index (χ4v) is 3.10. The van der Waals surface area contributed by atoms with E-state index in [1.807, 2.05) is 0 Å². The van der Waals surface area contributed by atoms with E-state index >= 15 is 0 Å². The lowest BCUT2D eigenvalue weighted by Crippen LogP contribution is -2.41. The van der Waals surface area contributed by atoms with Crippen LogP contribution in [0.4, 0.5) is 10.5 Å². The Bertz CT molecular complexity index is 721. The maximum absolute atomic E-state index is 12.1. The third-order valence-corrected chi connectivity index (χ3v) is 4.25. The van der Waals surface area contributed by atoms with Crippen LogP contribution in [0.25, 0.3) is 0 Å². The Labute approximate surface area is 151 Å². The summed E-state index contributed by atoms with van der Waals surface area (Å²) in [5.74, 6) is -1.32. The van der Waals surface area contributed by atoms with Crippen molar-refractivity contribution in [3.8, 4) is 0 Å². The van der Waals surface area contributed by atoms with Gasteiger partial charge in [0.1, 0.15) is 5.60 Å². The molecule has 0 bridgehead atoms. The molecule has 1 aromatic carbocycles. The summed E-state index contributed by atoms with van der Waals surface area (Å²) in [6.45, 7) is 7.01. The molecular formula is C18H24N2O6. The van der Waals surface area contributed by atoms with Crippen LogP contribution in [0.3, 0.4) is 0 Å². The van der Waals surface area contributed by atoms with E-state index in [1.165, 1.54) is 18.2 Å². The molecule has 0 radical (unpaired) electrons. The normalized spacial score (nSPS) is 16.5. The molecule has 1 fully saturated rings. The Morgan fingerprint density at radius 1 is 1.35 bits per heavy atom. The van der Waals surface area contributed by atoms with Crippen LogP contribution < -0.4 is 5.32 Å². The molecule has 1 aliphatic carbocycles. The molecule has 0 aliphatic heterocycles. The minimum atomic E-state index is -1.15. The number of non-ortho nitro benzene ring substituents is 1. The number of nitro benzene ring substituents is 1. The minimum absolute atomic E-state index is 0.0188. The number of alkyl carbamates (subject to hydrolysis) is 1. The highest BCUT2D eigenvalue weighted by molar-refractivity contribution is 5.90. The number of hydrogen-bond acceptors (Lipinski definition) is 5. The molecule has 0 spiro atoms. The van der Waals surface area contributed by atoms with Crippen LogP contribution in [0, 0.1) is 16.0 Å². The van der Waals surface area contributed by atoms with Crippen molar-refractivity contribution in [3.05, 3.63) is 39.4 Å². The zero-order valence-corrected chi connectivity index (χ0v) is 15.3. The SMILES string of the molecule is C[C@H](NC(=O)OC(C)(C)C)C(c1cc([N+](=O)[O-])ccc1C(=O)O)C1CC1. The predicted octanol–water partition coefficient (Wildman–Crippen LogP) is 3.70. The summed E-state index contributed by atoms with van der Waals surface area (Å²) in [5, 5.41) is 23.3. The summed E-state index contributed by atoms with van der Waals surface area (Å²) in [6.07, 6.45) is 1.16. The van der Waals surface area contributed by atoms with Gasteiger partial charge >= 0.3 is 12.1 Å². The van der Waals surface area contributed by atoms with Crippen molar-refractivity contribution in [2.45, 2.75) is 58.1 Å². The third-order valence-electron chi connectivity index (χ3n) is 4.25. The highest BCUT2D eigenvalue weighted by Crippen LogP contribution is 2.46. The van der Waals surface area contributed by atoms with Crippen LogP contribution in [-0.4, -0.2) is 33.7 Å². The summed E-state index contributed by atoms with van der Waals surface area (Å²) in [7, 11) is 0. The lowest BCUT2D eigenvalue weighted by Gasteiger charge is -2.28. The number of carbonyl (C=O) groups is 2. The molecule has 1 amide bonds. The lowest BCUT2D eigenvalue weighted by atomic mass is 9.84. The van der Waals surface area contributed by atoms with E-state index in [9.17, 15) is 24.8 Å². The first-order valence-corrected chi connectivity index (χ1v) is 8.50. The van der Waals surface area contributed by atoms with Gasteiger partial charge in [-0.05, 0) is 58.1 Å². The van der Waals surface area contributed by atoms with Crippen molar-refractivity contribution in [2.75, 3.05) is 0 Å². The minimum Gasteiger partial charge on any atom is -0.478 e. The van der Waals surface area contributed by atoms with Crippen molar-refractivity contribution in [2.24, 2.45) is 5.92 Å². The number of rotatable bonds is 6. The number of nitro groups is 1. The molecule has 26 heavy (non-hydrogen) atoms. The van der Waals surface area contributed by atoms with Crippen LogP contribution in [0.15, 0.2) is 18.2 Å². The van der Waals surface area contributed by atoms with Gasteiger partial charge in [0, 0.05) is 24.1 Å². The van der Waals surface area contributed by atoms with Crippen molar-refractivity contribution in [1.29, 1.82) is 0 Å². The van der Waals surface area contributed by atoms with E-state index in [2.05, 4.69) is 5.32 Å². The van der Waals surface area contributed by atoms with E-state index in [4.69, 9.17) is 4.74 Å². The number of nitrogens with one attached hydrogen (secondary N) is 1. The molecule has 0 aromatic heterocycles. The molecule has 8 heteroatoms. The Kier molecular flexibility index (Phi) is 5.53. The highest BCUT2D eigenvalue weighted by atomic mass is 16.6. The van der Waals surface area contributed by atoms with Gasteiger partial charge < -0.3 is 15.2 Å². The van der Waals surface area contributed by atoms with Crippen LogP contribution in [0.1, 0.15) is 62.4 Å². The number of hydrogen-bond donors (Lipinski definition) is 2. The van der Waals surface area contributed by atoms with E-state index in [0.717, 1.165) is 12.8 Å². The maximum Gasteiger partial charge on any atom is 0.407 e.